The molecule has 0 radical (unpaired) electrons. The number of aromatic amines is 1. The van der Waals surface area contributed by atoms with Crippen LogP contribution in [0.4, 0.5) is 18.9 Å². The fourth-order valence-corrected chi connectivity index (χ4v) is 3.53. The van der Waals surface area contributed by atoms with Crippen molar-refractivity contribution in [2.45, 2.75) is 12.6 Å². The first-order valence-electron chi connectivity index (χ1n) is 9.86. The number of hydrogen-bond acceptors (Lipinski definition) is 3. The van der Waals surface area contributed by atoms with Crippen molar-refractivity contribution < 1.29 is 28.0 Å². The number of carbonyl (C=O) groups excluding carboxylic acids is 2. The number of anilines is 1. The molecule has 168 valence electrons. The van der Waals surface area contributed by atoms with Crippen molar-refractivity contribution in [3.63, 3.8) is 0 Å². The third kappa shape index (κ3) is 4.88. The molecule has 1 heterocycles. The molecule has 0 saturated heterocycles. The topological polar surface area (TPSA) is 94.2 Å². The van der Waals surface area contributed by atoms with Crippen molar-refractivity contribution in [2.75, 3.05) is 5.32 Å². The smallest absolute Gasteiger partial charge is 0.361 e. The molecule has 0 spiro atoms. The Labute approximate surface area is 186 Å². The number of fused-ring (bicyclic) bond motifs is 1. The molecule has 1 aromatic heterocycles. The second-order valence-corrected chi connectivity index (χ2v) is 7.40. The van der Waals surface area contributed by atoms with Gasteiger partial charge in [-0.15, -0.1) is 0 Å². The molecule has 4 N–H and O–H groups in total. The fourth-order valence-electron chi connectivity index (χ4n) is 3.53. The predicted octanol–water partition coefficient (Wildman–Crippen LogP) is 5.15. The first-order chi connectivity index (χ1) is 15.7. The summed E-state index contributed by atoms with van der Waals surface area (Å²) in [7, 11) is 0. The Hall–Kier alpha value is -4.11. The Kier molecular flexibility index (Phi) is 5.89. The summed E-state index contributed by atoms with van der Waals surface area (Å²) in [6.07, 6.45) is -2.71. The average molecular weight is 453 g/mol. The van der Waals surface area contributed by atoms with Crippen LogP contribution < -0.4 is 10.8 Å². The summed E-state index contributed by atoms with van der Waals surface area (Å²) in [6, 6.07) is 16.3. The highest BCUT2D eigenvalue weighted by Gasteiger charge is 2.30. The molecule has 0 atom stereocenters. The Morgan fingerprint density at radius 3 is 2.36 bits per heavy atom. The fraction of sp³-hybridized carbons (Fsp3) is 0.0833. The van der Waals surface area contributed by atoms with E-state index in [9.17, 15) is 22.8 Å². The molecule has 0 aliphatic heterocycles. The molecule has 0 fully saturated rings. The van der Waals surface area contributed by atoms with Crippen molar-refractivity contribution in [1.29, 1.82) is 0 Å². The number of rotatable bonds is 5. The molecule has 0 saturated carbocycles. The van der Waals surface area contributed by atoms with Crippen molar-refractivity contribution >= 4 is 28.4 Å². The maximum atomic E-state index is 13.1. The minimum atomic E-state index is -4.43. The number of H-pyrrole nitrogens is 1. The van der Waals surface area contributed by atoms with Crippen LogP contribution in [0.5, 0.6) is 0 Å². The predicted molar refractivity (Wildman–Crippen MR) is 117 cm³/mol. The van der Waals surface area contributed by atoms with E-state index in [-0.39, 0.29) is 17.9 Å². The summed E-state index contributed by atoms with van der Waals surface area (Å²) in [4.78, 5) is 27.0. The summed E-state index contributed by atoms with van der Waals surface area (Å²) >= 11 is 0. The second kappa shape index (κ2) is 8.79. The van der Waals surface area contributed by atoms with Crippen LogP contribution in [0.3, 0.4) is 0 Å². The number of halogens is 3. The lowest BCUT2D eigenvalue weighted by Crippen LogP contribution is -2.18. The molecule has 0 bridgehead atoms. The summed E-state index contributed by atoms with van der Waals surface area (Å²) in [6.45, 7) is 0. The number of benzene rings is 3. The largest absolute Gasteiger partial charge is 0.416 e. The van der Waals surface area contributed by atoms with Gasteiger partial charge in [0.15, 0.2) is 0 Å². The second-order valence-electron chi connectivity index (χ2n) is 7.40. The van der Waals surface area contributed by atoms with Crippen LogP contribution >= 0.6 is 0 Å². The SMILES string of the molecule is O=C(Cc1c[nH]c2ccc(-c3cccc(C(F)(F)F)c3)cc12)Nc1ccc(C(=O)NO)cc1. The molecular formula is C24H18F3N3O3. The summed E-state index contributed by atoms with van der Waals surface area (Å²) < 4.78 is 39.2. The molecule has 6 nitrogen and oxygen atoms in total. The van der Waals surface area contributed by atoms with E-state index < -0.39 is 17.6 Å². The highest BCUT2D eigenvalue weighted by atomic mass is 19.4. The van der Waals surface area contributed by atoms with Gasteiger partial charge in [-0.2, -0.15) is 13.2 Å². The Morgan fingerprint density at radius 2 is 1.67 bits per heavy atom. The Bertz CT molecular complexity index is 1330. The van der Waals surface area contributed by atoms with E-state index in [1.807, 2.05) is 0 Å². The number of carbonyl (C=O) groups is 2. The van der Waals surface area contributed by atoms with Crippen LogP contribution in [0.2, 0.25) is 0 Å². The van der Waals surface area contributed by atoms with Gasteiger partial charge in [0.25, 0.3) is 5.91 Å². The van der Waals surface area contributed by atoms with E-state index in [0.717, 1.165) is 23.0 Å². The summed E-state index contributed by atoms with van der Waals surface area (Å²) in [5.41, 5.74) is 3.98. The highest BCUT2D eigenvalue weighted by molar-refractivity contribution is 5.98. The molecule has 0 aliphatic carbocycles. The molecule has 2 amide bonds. The van der Waals surface area contributed by atoms with Crippen molar-refractivity contribution in [2.24, 2.45) is 0 Å². The number of hydroxylamine groups is 1. The maximum Gasteiger partial charge on any atom is 0.416 e. The summed E-state index contributed by atoms with van der Waals surface area (Å²) in [5.74, 6) is -0.969. The van der Waals surface area contributed by atoms with Crippen LogP contribution in [0.25, 0.3) is 22.0 Å². The van der Waals surface area contributed by atoms with Gasteiger partial charge in [0.1, 0.15) is 0 Å². The minimum absolute atomic E-state index is 0.0327. The van der Waals surface area contributed by atoms with Gasteiger partial charge in [-0.3, -0.25) is 14.8 Å². The van der Waals surface area contributed by atoms with Gasteiger partial charge in [-0.05, 0) is 65.2 Å². The number of aromatic nitrogens is 1. The van der Waals surface area contributed by atoms with Gasteiger partial charge in [-0.25, -0.2) is 5.48 Å². The van der Waals surface area contributed by atoms with Crippen molar-refractivity contribution in [1.82, 2.24) is 10.5 Å². The van der Waals surface area contributed by atoms with Gasteiger partial charge in [-0.1, -0.05) is 18.2 Å². The minimum Gasteiger partial charge on any atom is -0.361 e. The molecule has 3 aromatic carbocycles. The first kappa shape index (κ1) is 22.1. The van der Waals surface area contributed by atoms with Gasteiger partial charge in [0, 0.05) is 28.4 Å². The molecule has 4 aromatic rings. The molecule has 9 heteroatoms. The Balaban J connectivity index is 1.54. The van der Waals surface area contributed by atoms with E-state index in [4.69, 9.17) is 5.21 Å². The molecule has 0 unspecified atom stereocenters. The molecule has 4 rings (SSSR count). The van der Waals surface area contributed by atoms with Gasteiger partial charge in [0.05, 0.1) is 12.0 Å². The van der Waals surface area contributed by atoms with E-state index in [1.165, 1.54) is 35.8 Å². The molecule has 33 heavy (non-hydrogen) atoms. The number of hydrogen-bond donors (Lipinski definition) is 4. The normalized spacial score (nSPS) is 11.4. The monoisotopic (exact) mass is 453 g/mol. The van der Waals surface area contributed by atoms with Crippen molar-refractivity contribution in [3.05, 3.63) is 89.6 Å². The first-order valence-corrected chi connectivity index (χ1v) is 9.86. The third-order valence-electron chi connectivity index (χ3n) is 5.17. The molecule has 0 aliphatic rings. The van der Waals surface area contributed by atoms with Gasteiger partial charge >= 0.3 is 6.18 Å². The zero-order valence-corrected chi connectivity index (χ0v) is 17.0. The zero-order valence-electron chi connectivity index (χ0n) is 17.0. The standard InChI is InChI=1S/C24H18F3N3O3/c25-24(26,27)18-3-1-2-15(10-18)16-6-9-21-20(11-16)17(13-28-21)12-22(31)29-19-7-4-14(5-8-19)23(32)30-33/h1-11,13,28,33H,12H2,(H,29,31)(H,30,32). The van der Waals surface area contributed by atoms with E-state index in [2.05, 4.69) is 10.3 Å². The van der Waals surface area contributed by atoms with Crippen molar-refractivity contribution in [3.8, 4) is 11.1 Å². The van der Waals surface area contributed by atoms with E-state index in [1.54, 1.807) is 30.5 Å². The number of nitrogens with one attached hydrogen (secondary N) is 3. The number of alkyl halides is 3. The Morgan fingerprint density at radius 1 is 0.939 bits per heavy atom. The lowest BCUT2D eigenvalue weighted by Gasteiger charge is -2.09. The quantitative estimate of drug-likeness (QED) is 0.249. The number of amides is 2. The van der Waals surface area contributed by atoms with E-state index in [0.29, 0.717) is 22.4 Å². The van der Waals surface area contributed by atoms with Crippen LogP contribution in [0.1, 0.15) is 21.5 Å². The van der Waals surface area contributed by atoms with Crippen LogP contribution in [-0.2, 0) is 17.4 Å². The zero-order chi connectivity index (χ0) is 23.6. The van der Waals surface area contributed by atoms with E-state index >= 15 is 0 Å². The van der Waals surface area contributed by atoms with Crippen LogP contribution in [0, 0.1) is 0 Å². The van der Waals surface area contributed by atoms with Gasteiger partial charge in [0.2, 0.25) is 5.91 Å². The summed E-state index contributed by atoms with van der Waals surface area (Å²) in [5, 5.41) is 12.1. The lowest BCUT2D eigenvalue weighted by molar-refractivity contribution is -0.137. The highest BCUT2D eigenvalue weighted by Crippen LogP contribution is 2.33. The maximum absolute atomic E-state index is 13.1. The third-order valence-corrected chi connectivity index (χ3v) is 5.17. The average Bonchev–Trinajstić information content (AvgIpc) is 3.20. The molecular weight excluding hydrogens is 435 g/mol. The van der Waals surface area contributed by atoms with Crippen LogP contribution in [0.15, 0.2) is 72.9 Å². The van der Waals surface area contributed by atoms with Gasteiger partial charge < -0.3 is 10.3 Å². The van der Waals surface area contributed by atoms with Crippen LogP contribution in [-0.4, -0.2) is 22.0 Å². The lowest BCUT2D eigenvalue weighted by atomic mass is 10.00.